The van der Waals surface area contributed by atoms with E-state index in [4.69, 9.17) is 24.9 Å². The van der Waals surface area contributed by atoms with Gasteiger partial charge in [0.05, 0.1) is 61.0 Å². The lowest BCUT2D eigenvalue weighted by Crippen LogP contribution is -1.98. The third-order valence-corrected chi connectivity index (χ3v) is 21.1. The second-order valence-electron chi connectivity index (χ2n) is 27.4. The molecule has 0 amide bonds. The fourth-order valence-corrected chi connectivity index (χ4v) is 16.0. The molecule has 7 aromatic heterocycles. The van der Waals surface area contributed by atoms with E-state index < -0.39 is 0 Å². The van der Waals surface area contributed by atoms with Crippen molar-refractivity contribution in [1.29, 1.82) is 0 Å². The predicted molar refractivity (Wildman–Crippen MR) is 445 cm³/mol. The molecule has 0 fully saturated rings. The van der Waals surface area contributed by atoms with Crippen LogP contribution < -0.4 is 0 Å². The summed E-state index contributed by atoms with van der Waals surface area (Å²) in [7, 11) is 0. The SMILES string of the molecule is c1ccc(-c2ccc3cc(-c4nc(-c5cccc(-n6c7ccccc7c7ccc8c(ccn8-c8ccccc8)c76)c5)nc5ccccc45)ccc3c2)cc1.c1ccc(-n2ccc3c2ccc2c4ccccc4n(-c4cccc(-c5nc(-c6ccc(-c7ncc8ccccc8n7)cc6)c6ccccc6n5)c4)c23)cc1. The number of fused-ring (bicyclic) bond motifs is 14. The van der Waals surface area contributed by atoms with Gasteiger partial charge in [0.1, 0.15) is 0 Å². The number of nitrogens with zero attached hydrogens (tertiary/aromatic N) is 10. The third-order valence-electron chi connectivity index (χ3n) is 21.1. The van der Waals surface area contributed by atoms with Crippen LogP contribution in [-0.4, -0.2) is 48.2 Å². The summed E-state index contributed by atoms with van der Waals surface area (Å²) in [4.78, 5) is 30.3. The molecule has 0 atom stereocenters. The van der Waals surface area contributed by atoms with Crippen LogP contribution in [0, 0.1) is 0 Å². The molecule has 0 spiro atoms. The maximum Gasteiger partial charge on any atom is 0.160 e. The van der Waals surface area contributed by atoms with Gasteiger partial charge in [0.25, 0.3) is 0 Å². The van der Waals surface area contributed by atoms with Gasteiger partial charge in [-0.1, -0.05) is 243 Å². The van der Waals surface area contributed by atoms with Gasteiger partial charge < -0.3 is 18.3 Å². The minimum absolute atomic E-state index is 0.675. The molecule has 0 saturated heterocycles. The fraction of sp³-hybridized carbons (Fsp3) is 0. The monoisotopic (exact) mass is 1380 g/mol. The Kier molecular flexibility index (Phi) is 14.7. The zero-order valence-electron chi connectivity index (χ0n) is 58.3. The van der Waals surface area contributed by atoms with E-state index in [1.54, 1.807) is 0 Å². The highest BCUT2D eigenvalue weighted by Gasteiger charge is 2.22. The first-order valence-corrected chi connectivity index (χ1v) is 36.4. The van der Waals surface area contributed by atoms with Gasteiger partial charge in [-0.15, -0.1) is 0 Å². The second-order valence-corrected chi connectivity index (χ2v) is 27.4. The average Bonchev–Trinajstić information content (AvgIpc) is 1.57. The molecule has 0 aliphatic heterocycles. The van der Waals surface area contributed by atoms with E-state index in [9.17, 15) is 0 Å². The number of para-hydroxylation sites is 7. The van der Waals surface area contributed by atoms with Gasteiger partial charge >= 0.3 is 0 Å². The molecule has 0 aliphatic carbocycles. The Balaban J connectivity index is 0.000000138. The van der Waals surface area contributed by atoms with Crippen LogP contribution in [-0.2, 0) is 0 Å². The molecule has 10 nitrogen and oxygen atoms in total. The van der Waals surface area contributed by atoms with Gasteiger partial charge in [0.2, 0.25) is 0 Å². The second kappa shape index (κ2) is 25.6. The Morgan fingerprint density at radius 2 is 0.620 bits per heavy atom. The molecule has 0 saturated carbocycles. The van der Waals surface area contributed by atoms with Crippen molar-refractivity contribution in [3.63, 3.8) is 0 Å². The first-order valence-electron chi connectivity index (χ1n) is 36.4. The van der Waals surface area contributed by atoms with Gasteiger partial charge in [0, 0.05) is 118 Å². The van der Waals surface area contributed by atoms with Crippen LogP contribution in [0.5, 0.6) is 0 Å². The lowest BCUT2D eigenvalue weighted by molar-refractivity contribution is 1.13. The zero-order valence-corrected chi connectivity index (χ0v) is 58.3. The largest absolute Gasteiger partial charge is 0.316 e. The lowest BCUT2D eigenvalue weighted by Gasteiger charge is -2.13. The van der Waals surface area contributed by atoms with Crippen LogP contribution in [0.25, 0.3) is 199 Å². The molecule has 7 heterocycles. The highest BCUT2D eigenvalue weighted by Crippen LogP contribution is 2.42. The number of rotatable bonds is 10. The molecule has 108 heavy (non-hydrogen) atoms. The molecule has 0 unspecified atom stereocenters. The Morgan fingerprint density at radius 1 is 0.204 bits per heavy atom. The Labute approximate surface area is 620 Å². The quantitative estimate of drug-likeness (QED) is 0.135. The Bertz CT molecular complexity index is 7300. The zero-order chi connectivity index (χ0) is 71.2. The van der Waals surface area contributed by atoms with E-state index in [1.807, 2.05) is 42.6 Å². The summed E-state index contributed by atoms with van der Waals surface area (Å²) in [6.45, 7) is 0. The average molecular weight is 1380 g/mol. The topological polar surface area (TPSA) is 97.1 Å². The van der Waals surface area contributed by atoms with Gasteiger partial charge in [-0.05, 0) is 137 Å². The van der Waals surface area contributed by atoms with Gasteiger partial charge in [0.15, 0.2) is 17.5 Å². The predicted octanol–water partition coefficient (Wildman–Crippen LogP) is 24.4. The smallest absolute Gasteiger partial charge is 0.160 e. The number of hydrogen-bond donors (Lipinski definition) is 0. The minimum Gasteiger partial charge on any atom is -0.316 e. The van der Waals surface area contributed by atoms with Gasteiger partial charge in [-0.2, -0.15) is 0 Å². The number of aromatic nitrogens is 10. The van der Waals surface area contributed by atoms with Crippen molar-refractivity contribution in [2.45, 2.75) is 0 Å². The molecule has 0 bridgehead atoms. The normalized spacial score (nSPS) is 11.7. The summed E-state index contributed by atoms with van der Waals surface area (Å²) in [5.41, 5.74) is 23.3. The summed E-state index contributed by atoms with van der Waals surface area (Å²) >= 11 is 0. The van der Waals surface area contributed by atoms with Crippen LogP contribution in [0.4, 0.5) is 0 Å². The molecular formula is C98H62N10. The number of benzene rings is 15. The molecule has 22 rings (SSSR count). The molecule has 0 N–H and O–H groups in total. The first-order chi connectivity index (χ1) is 53.5. The van der Waals surface area contributed by atoms with Crippen molar-refractivity contribution in [1.82, 2.24) is 48.2 Å². The van der Waals surface area contributed by atoms with Crippen LogP contribution in [0.2, 0.25) is 0 Å². The van der Waals surface area contributed by atoms with Crippen molar-refractivity contribution in [2.24, 2.45) is 0 Å². The van der Waals surface area contributed by atoms with Crippen LogP contribution in [0.15, 0.2) is 377 Å². The maximum absolute atomic E-state index is 5.32. The Hall–Kier alpha value is -14.7. The van der Waals surface area contributed by atoms with Gasteiger partial charge in [-0.25, -0.2) is 29.9 Å². The molecule has 0 aliphatic rings. The van der Waals surface area contributed by atoms with E-state index in [2.05, 4.69) is 357 Å². The standard InChI is InChI=1S/C50H32N4.C48H30N6/c1-3-12-33(13-4-1)34-22-23-36-31-37(25-24-35(36)30-34)48-43-19-7-9-20-45(43)51-50(52-48)38-14-11-17-40(32-38)54-47-21-10-8-18-41(47)42-26-27-46-44(49(42)54)28-29-53(46)39-15-5-2-6-16-39;1-2-13-35(14-3-1)53-28-27-40-43(53)26-25-38-37-16-6-9-20-44(37)54(46(38)40)36-15-10-12-33(29-36)48-51-42-19-8-5-17-39(42)45(52-48)31-21-23-32(24-22-31)47-49-30-34-11-4-7-18-41(34)50-47/h1-32H;1-30H. The molecule has 504 valence electrons. The summed E-state index contributed by atoms with van der Waals surface area (Å²) in [5.74, 6) is 2.07. The van der Waals surface area contributed by atoms with Crippen molar-refractivity contribution >= 4 is 109 Å². The van der Waals surface area contributed by atoms with Crippen molar-refractivity contribution in [3.8, 4) is 90.6 Å². The van der Waals surface area contributed by atoms with Crippen molar-refractivity contribution in [2.75, 3.05) is 0 Å². The van der Waals surface area contributed by atoms with Gasteiger partial charge in [-0.3, -0.25) is 0 Å². The fourth-order valence-electron chi connectivity index (χ4n) is 16.0. The molecule has 10 heteroatoms. The molecule has 15 aromatic carbocycles. The van der Waals surface area contributed by atoms with E-state index >= 15 is 0 Å². The minimum atomic E-state index is 0.675. The highest BCUT2D eigenvalue weighted by molar-refractivity contribution is 6.20. The molecular weight excluding hydrogens is 1320 g/mol. The summed E-state index contributed by atoms with van der Waals surface area (Å²) in [6.07, 6.45) is 6.23. The van der Waals surface area contributed by atoms with Crippen molar-refractivity contribution in [3.05, 3.63) is 377 Å². The van der Waals surface area contributed by atoms with Crippen LogP contribution in [0.3, 0.4) is 0 Å². The van der Waals surface area contributed by atoms with Crippen LogP contribution >= 0.6 is 0 Å². The van der Waals surface area contributed by atoms with E-state index in [0.717, 1.165) is 111 Å². The van der Waals surface area contributed by atoms with Crippen molar-refractivity contribution < 1.29 is 0 Å². The summed E-state index contributed by atoms with van der Waals surface area (Å²) in [5, 5.41) is 12.7. The summed E-state index contributed by atoms with van der Waals surface area (Å²) < 4.78 is 9.33. The van der Waals surface area contributed by atoms with E-state index in [0.29, 0.717) is 17.5 Å². The maximum atomic E-state index is 5.32. The number of hydrogen-bond acceptors (Lipinski definition) is 6. The summed E-state index contributed by atoms with van der Waals surface area (Å²) in [6, 6.07) is 126. The lowest BCUT2D eigenvalue weighted by atomic mass is 9.98. The third kappa shape index (κ3) is 10.6. The molecule has 22 aromatic rings. The van der Waals surface area contributed by atoms with E-state index in [1.165, 1.54) is 70.8 Å². The highest BCUT2D eigenvalue weighted by atomic mass is 15.0. The Morgan fingerprint density at radius 3 is 1.18 bits per heavy atom. The van der Waals surface area contributed by atoms with E-state index in [-0.39, 0.29) is 0 Å². The first kappa shape index (κ1) is 61.9. The van der Waals surface area contributed by atoms with Crippen LogP contribution in [0.1, 0.15) is 0 Å². The molecule has 0 radical (unpaired) electrons.